The summed E-state index contributed by atoms with van der Waals surface area (Å²) in [5.41, 5.74) is 0. The number of hydrogen-bond donors (Lipinski definition) is 5. The number of carboxylic acids is 2. The van der Waals surface area contributed by atoms with Gasteiger partial charge in [-0.05, 0) is 39.2 Å². The summed E-state index contributed by atoms with van der Waals surface area (Å²) in [6.45, 7) is 2.19. The van der Waals surface area contributed by atoms with Crippen molar-refractivity contribution in [3.63, 3.8) is 0 Å². The minimum absolute atomic E-state index is 0.211. The van der Waals surface area contributed by atoms with Crippen molar-refractivity contribution in [1.82, 2.24) is 10.6 Å². The van der Waals surface area contributed by atoms with Gasteiger partial charge >= 0.3 is 11.9 Å². The largest absolute Gasteiger partial charge is 0.481 e. The Morgan fingerprint density at radius 2 is 1.05 bits per heavy atom. The smallest absolute Gasteiger partial charge is 0.326 e. The Morgan fingerprint density at radius 3 is 1.43 bits per heavy atom. The van der Waals surface area contributed by atoms with Gasteiger partial charge in [0.2, 0.25) is 11.0 Å². The van der Waals surface area contributed by atoms with Gasteiger partial charge < -0.3 is 20.8 Å². The molecule has 0 aromatic carbocycles. The molecule has 0 saturated carbocycles. The Balaban J connectivity index is 3.52. The number of thiol groups is 1. The van der Waals surface area contributed by atoms with Crippen LogP contribution in [0.5, 0.6) is 0 Å². The average Bonchev–Trinajstić information content (AvgIpc) is 2.84. The normalized spacial score (nSPS) is 12.7. The summed E-state index contributed by atoms with van der Waals surface area (Å²) in [6.07, 6.45) is 20.0. The fourth-order valence-electron chi connectivity index (χ4n) is 4.27. The molecule has 37 heavy (non-hydrogen) atoms. The van der Waals surface area contributed by atoms with Crippen LogP contribution in [0.4, 0.5) is 0 Å². The first-order valence-corrected chi connectivity index (χ1v) is 14.9. The van der Waals surface area contributed by atoms with Crippen molar-refractivity contribution in [2.75, 3.05) is 6.54 Å². The highest BCUT2D eigenvalue weighted by molar-refractivity contribution is 7.96. The third-order valence-electron chi connectivity index (χ3n) is 6.67. The maximum Gasteiger partial charge on any atom is 0.326 e. The number of hydrogen-bond acceptors (Lipinski definition) is 5. The molecule has 8 nitrogen and oxygen atoms in total. The van der Waals surface area contributed by atoms with Crippen LogP contribution in [0.3, 0.4) is 0 Å². The fourth-order valence-corrected chi connectivity index (χ4v) is 4.36. The molecule has 0 aliphatic heterocycles. The molecule has 0 bridgehead atoms. The number of carbonyl (C=O) groups is 4. The monoisotopic (exact) mass is 544 g/mol. The van der Waals surface area contributed by atoms with Crippen LogP contribution < -0.4 is 10.6 Å². The Morgan fingerprint density at radius 1 is 0.649 bits per heavy atom. The van der Waals surface area contributed by atoms with Crippen molar-refractivity contribution < 1.29 is 29.4 Å². The summed E-state index contributed by atoms with van der Waals surface area (Å²) in [5, 5.41) is 23.3. The molecule has 0 radical (unpaired) electrons. The van der Waals surface area contributed by atoms with E-state index in [0.29, 0.717) is 32.2 Å². The Labute approximate surface area is 229 Å². The first kappa shape index (κ1) is 35.4. The molecule has 0 rings (SSSR count). The van der Waals surface area contributed by atoms with E-state index in [9.17, 15) is 24.3 Å². The van der Waals surface area contributed by atoms with E-state index in [4.69, 9.17) is 5.11 Å². The van der Waals surface area contributed by atoms with Crippen LogP contribution >= 0.6 is 12.6 Å². The lowest BCUT2D eigenvalue weighted by atomic mass is 10.0. The van der Waals surface area contributed by atoms with Crippen LogP contribution in [0, 0.1) is 0 Å². The zero-order valence-corrected chi connectivity index (χ0v) is 23.9. The van der Waals surface area contributed by atoms with E-state index in [2.05, 4.69) is 23.3 Å². The van der Waals surface area contributed by atoms with E-state index >= 15 is 0 Å². The van der Waals surface area contributed by atoms with Gasteiger partial charge in [-0.3, -0.25) is 14.4 Å². The Hall–Kier alpha value is -1.61. The predicted molar refractivity (Wildman–Crippen MR) is 151 cm³/mol. The van der Waals surface area contributed by atoms with Crippen LogP contribution in [0.25, 0.3) is 0 Å². The molecular weight excluding hydrogens is 492 g/mol. The van der Waals surface area contributed by atoms with E-state index in [-0.39, 0.29) is 17.1 Å². The van der Waals surface area contributed by atoms with E-state index in [1.807, 2.05) is 0 Å². The number of nitrogens with one attached hydrogen (secondary N) is 2. The molecular formula is C28H52N2O6S. The summed E-state index contributed by atoms with van der Waals surface area (Å²) in [6, 6.07) is -1.27. The molecule has 0 aromatic heterocycles. The molecule has 1 amide bonds. The molecule has 0 aliphatic rings. The number of amides is 1. The van der Waals surface area contributed by atoms with Crippen molar-refractivity contribution in [1.29, 1.82) is 0 Å². The Kier molecular flexibility index (Phi) is 23.6. The maximum atomic E-state index is 12.1. The van der Waals surface area contributed by atoms with E-state index in [1.165, 1.54) is 64.2 Å². The summed E-state index contributed by atoms with van der Waals surface area (Å²) in [4.78, 5) is 45.0. The second kappa shape index (κ2) is 24.7. The third kappa shape index (κ3) is 24.5. The maximum absolute atomic E-state index is 12.1. The summed E-state index contributed by atoms with van der Waals surface area (Å²) < 4.78 is 0. The van der Waals surface area contributed by atoms with Crippen molar-refractivity contribution in [2.45, 2.75) is 147 Å². The minimum atomic E-state index is -1.03. The molecule has 0 spiro atoms. The van der Waals surface area contributed by atoms with Gasteiger partial charge in [-0.2, -0.15) is 0 Å². The van der Waals surface area contributed by atoms with Crippen molar-refractivity contribution in [3.8, 4) is 0 Å². The molecule has 4 N–H and O–H groups in total. The molecule has 9 heteroatoms. The topological polar surface area (TPSA) is 133 Å². The third-order valence-corrected chi connectivity index (χ3v) is 7.06. The lowest BCUT2D eigenvalue weighted by Gasteiger charge is -2.15. The number of rotatable bonds is 27. The lowest BCUT2D eigenvalue weighted by Crippen LogP contribution is -2.41. The van der Waals surface area contributed by atoms with Crippen molar-refractivity contribution in [3.05, 3.63) is 0 Å². The quantitative estimate of drug-likeness (QED) is 0.0644. The first-order valence-electron chi connectivity index (χ1n) is 14.4. The van der Waals surface area contributed by atoms with Crippen LogP contribution in [0.1, 0.15) is 135 Å². The van der Waals surface area contributed by atoms with Crippen LogP contribution in [0.15, 0.2) is 0 Å². The number of aliphatic carboxylic acids is 2. The van der Waals surface area contributed by atoms with Gasteiger partial charge in [0.15, 0.2) is 0 Å². The van der Waals surface area contributed by atoms with Gasteiger partial charge in [-0.25, -0.2) is 4.79 Å². The van der Waals surface area contributed by atoms with Gasteiger partial charge in [-0.15, -0.1) is 12.6 Å². The van der Waals surface area contributed by atoms with Crippen LogP contribution in [-0.2, 0) is 19.2 Å². The molecule has 0 aromatic rings. The highest BCUT2D eigenvalue weighted by Crippen LogP contribution is 2.14. The van der Waals surface area contributed by atoms with E-state index in [1.54, 1.807) is 6.92 Å². The van der Waals surface area contributed by atoms with Gasteiger partial charge in [0.05, 0.1) is 6.04 Å². The predicted octanol–water partition coefficient (Wildman–Crippen LogP) is 5.88. The summed E-state index contributed by atoms with van der Waals surface area (Å²) in [5.74, 6) is -1.93. The highest BCUT2D eigenvalue weighted by Gasteiger charge is 2.19. The van der Waals surface area contributed by atoms with Crippen molar-refractivity contribution >= 4 is 35.6 Å². The number of unbranched alkanes of at least 4 members (excludes halogenated alkanes) is 15. The van der Waals surface area contributed by atoms with Gasteiger partial charge in [0.25, 0.3) is 0 Å². The zero-order valence-electron chi connectivity index (χ0n) is 23.0. The average molecular weight is 545 g/mol. The van der Waals surface area contributed by atoms with E-state index in [0.717, 1.165) is 38.5 Å². The zero-order chi connectivity index (χ0) is 27.7. The van der Waals surface area contributed by atoms with Crippen molar-refractivity contribution in [2.24, 2.45) is 0 Å². The number of carboxylic acid groups (broad SMARTS) is 2. The molecule has 0 saturated heterocycles. The van der Waals surface area contributed by atoms with Gasteiger partial charge in [-0.1, -0.05) is 89.9 Å². The molecule has 0 fully saturated rings. The van der Waals surface area contributed by atoms with Crippen LogP contribution in [-0.4, -0.2) is 51.8 Å². The SMILES string of the molecule is C[C@H](NCCC[C@H](NC(=O)CCCCCCCCCCCCCCCCCCC(=O)O)C(=O)O)C(=O)S. The lowest BCUT2D eigenvalue weighted by molar-refractivity contribution is -0.142. The molecule has 216 valence electrons. The first-order chi connectivity index (χ1) is 17.7. The number of carbonyl (C=O) groups excluding carboxylic acids is 2. The highest BCUT2D eigenvalue weighted by atomic mass is 32.1. The molecule has 0 heterocycles. The minimum Gasteiger partial charge on any atom is -0.481 e. The standard InChI is InChI=1S/C28H52N2O6S/c1-23(28(36)37)29-22-18-19-24(27(34)35)30-25(31)20-16-14-12-10-8-6-4-2-3-5-7-9-11-13-15-17-21-26(32)33/h23-24,29H,2-22H2,1H3,(H,30,31)(H,32,33)(H,34,35)(H,36,37)/t23-,24-/m0/s1. The Bertz CT molecular complexity index is 632. The summed E-state index contributed by atoms with van der Waals surface area (Å²) >= 11 is 3.75. The second-order valence-corrected chi connectivity index (χ2v) is 10.6. The van der Waals surface area contributed by atoms with Gasteiger partial charge in [0.1, 0.15) is 6.04 Å². The van der Waals surface area contributed by atoms with Gasteiger partial charge in [0, 0.05) is 12.8 Å². The molecule has 0 aliphatic carbocycles. The second-order valence-electron chi connectivity index (χ2n) is 10.2. The molecule has 0 unspecified atom stereocenters. The van der Waals surface area contributed by atoms with E-state index < -0.39 is 18.0 Å². The van der Waals surface area contributed by atoms with Crippen LogP contribution in [0.2, 0.25) is 0 Å². The molecule has 2 atom stereocenters. The fraction of sp³-hybridized carbons (Fsp3) is 0.857. The summed E-state index contributed by atoms with van der Waals surface area (Å²) in [7, 11) is 0.